The Labute approximate surface area is 91.9 Å². The Morgan fingerprint density at radius 2 is 2.13 bits per heavy atom. The van der Waals surface area contributed by atoms with Gasteiger partial charge in [-0.05, 0) is 45.4 Å². The van der Waals surface area contributed by atoms with Crippen LogP contribution in [0, 0.1) is 0 Å². The van der Waals surface area contributed by atoms with Gasteiger partial charge in [-0.3, -0.25) is 0 Å². The monoisotopic (exact) mass is 208 g/mol. The van der Waals surface area contributed by atoms with E-state index in [0.717, 1.165) is 17.9 Å². The van der Waals surface area contributed by atoms with Crippen LogP contribution in [0.4, 0.5) is 5.82 Å². The lowest BCUT2D eigenvalue weighted by molar-refractivity contribution is -0.0149. The van der Waals surface area contributed by atoms with Gasteiger partial charge >= 0.3 is 0 Å². The molecule has 0 fully saturated rings. The van der Waals surface area contributed by atoms with Crippen LogP contribution in [0.3, 0.4) is 0 Å². The maximum Gasteiger partial charge on any atom is 0.126 e. The minimum absolute atomic E-state index is 0.0956. The highest BCUT2D eigenvalue weighted by molar-refractivity contribution is 5.36. The fraction of sp³-hybridized carbons (Fsp3) is 0.583. The van der Waals surface area contributed by atoms with Gasteiger partial charge < -0.3 is 10.1 Å². The summed E-state index contributed by atoms with van der Waals surface area (Å²) in [5, 5.41) is 3.18. The lowest BCUT2D eigenvalue weighted by atomic mass is 10.2. The molecule has 0 aliphatic rings. The molecule has 0 unspecified atom stereocenters. The van der Waals surface area contributed by atoms with E-state index in [1.807, 2.05) is 12.1 Å². The molecule has 0 spiro atoms. The zero-order valence-electron chi connectivity index (χ0n) is 10.0. The number of rotatable bonds is 4. The number of aromatic nitrogens is 1. The second kappa shape index (κ2) is 5.12. The molecule has 3 nitrogen and oxygen atoms in total. The van der Waals surface area contributed by atoms with E-state index in [0.29, 0.717) is 6.61 Å². The predicted molar refractivity (Wildman–Crippen MR) is 62.9 cm³/mol. The standard InChI is InChI=1S/C12H20N2O/c1-5-13-11-8-10(6-7-14-11)9-15-12(2,3)4/h6-8H,5,9H2,1-4H3,(H,13,14). The van der Waals surface area contributed by atoms with Crippen LogP contribution in [0.2, 0.25) is 0 Å². The molecule has 1 heterocycles. The van der Waals surface area contributed by atoms with E-state index in [9.17, 15) is 0 Å². The van der Waals surface area contributed by atoms with Crippen molar-refractivity contribution in [3.8, 4) is 0 Å². The van der Waals surface area contributed by atoms with Crippen LogP contribution < -0.4 is 5.32 Å². The van der Waals surface area contributed by atoms with Gasteiger partial charge in [0.25, 0.3) is 0 Å². The molecule has 84 valence electrons. The number of nitrogens with one attached hydrogen (secondary N) is 1. The molecule has 0 aromatic carbocycles. The van der Waals surface area contributed by atoms with Gasteiger partial charge in [-0.1, -0.05) is 0 Å². The van der Waals surface area contributed by atoms with Crippen molar-refractivity contribution in [1.29, 1.82) is 0 Å². The van der Waals surface area contributed by atoms with E-state index in [4.69, 9.17) is 4.74 Å². The number of pyridine rings is 1. The van der Waals surface area contributed by atoms with Gasteiger partial charge in [0.1, 0.15) is 5.82 Å². The molecular weight excluding hydrogens is 188 g/mol. The number of ether oxygens (including phenoxy) is 1. The normalized spacial score (nSPS) is 11.5. The van der Waals surface area contributed by atoms with E-state index in [1.54, 1.807) is 6.20 Å². The van der Waals surface area contributed by atoms with E-state index in [1.165, 1.54) is 0 Å². The summed E-state index contributed by atoms with van der Waals surface area (Å²) in [5.74, 6) is 0.910. The van der Waals surface area contributed by atoms with E-state index >= 15 is 0 Å². The molecule has 0 saturated carbocycles. The Hall–Kier alpha value is -1.09. The number of nitrogens with zero attached hydrogens (tertiary/aromatic N) is 1. The highest BCUT2D eigenvalue weighted by Crippen LogP contribution is 2.13. The molecule has 0 aliphatic heterocycles. The van der Waals surface area contributed by atoms with Crippen LogP contribution in [0.25, 0.3) is 0 Å². The van der Waals surface area contributed by atoms with Crippen molar-refractivity contribution in [1.82, 2.24) is 4.98 Å². The third kappa shape index (κ3) is 4.79. The summed E-state index contributed by atoms with van der Waals surface area (Å²) < 4.78 is 5.69. The van der Waals surface area contributed by atoms with Crippen LogP contribution in [0.5, 0.6) is 0 Å². The highest BCUT2D eigenvalue weighted by atomic mass is 16.5. The molecule has 15 heavy (non-hydrogen) atoms. The zero-order chi connectivity index (χ0) is 11.3. The lowest BCUT2D eigenvalue weighted by Gasteiger charge is -2.19. The molecule has 1 aromatic heterocycles. The van der Waals surface area contributed by atoms with Gasteiger partial charge in [0.15, 0.2) is 0 Å². The van der Waals surface area contributed by atoms with Crippen LogP contribution >= 0.6 is 0 Å². The van der Waals surface area contributed by atoms with Crippen LogP contribution in [-0.4, -0.2) is 17.1 Å². The van der Waals surface area contributed by atoms with Crippen molar-refractivity contribution in [3.05, 3.63) is 23.9 Å². The number of hydrogen-bond acceptors (Lipinski definition) is 3. The molecule has 0 bridgehead atoms. The largest absolute Gasteiger partial charge is 0.371 e. The maximum atomic E-state index is 5.69. The first-order valence-corrected chi connectivity index (χ1v) is 5.34. The van der Waals surface area contributed by atoms with Crippen LogP contribution in [-0.2, 0) is 11.3 Å². The SMILES string of the molecule is CCNc1cc(COC(C)(C)C)ccn1. The smallest absolute Gasteiger partial charge is 0.126 e. The van der Waals surface area contributed by atoms with Crippen molar-refractivity contribution in [3.63, 3.8) is 0 Å². The van der Waals surface area contributed by atoms with Gasteiger partial charge in [-0.2, -0.15) is 0 Å². The molecule has 0 atom stereocenters. The second-order valence-corrected chi connectivity index (χ2v) is 4.48. The summed E-state index contributed by atoms with van der Waals surface area (Å²) in [6.07, 6.45) is 1.80. The van der Waals surface area contributed by atoms with Crippen LogP contribution in [0.1, 0.15) is 33.3 Å². The van der Waals surface area contributed by atoms with Gasteiger partial charge in [0.05, 0.1) is 12.2 Å². The molecule has 1 rings (SSSR count). The van der Waals surface area contributed by atoms with E-state index < -0.39 is 0 Å². The van der Waals surface area contributed by atoms with Crippen molar-refractivity contribution >= 4 is 5.82 Å². The molecule has 1 aromatic rings. The van der Waals surface area contributed by atoms with Crippen molar-refractivity contribution in [2.45, 2.75) is 39.9 Å². The third-order valence-corrected chi connectivity index (χ3v) is 1.85. The fourth-order valence-corrected chi connectivity index (χ4v) is 1.14. The molecule has 3 heteroatoms. The zero-order valence-corrected chi connectivity index (χ0v) is 10.0. The maximum absolute atomic E-state index is 5.69. The van der Waals surface area contributed by atoms with Gasteiger partial charge in [0, 0.05) is 12.7 Å². The van der Waals surface area contributed by atoms with Gasteiger partial charge in [-0.25, -0.2) is 4.98 Å². The highest BCUT2D eigenvalue weighted by Gasteiger charge is 2.10. The van der Waals surface area contributed by atoms with Gasteiger partial charge in [-0.15, -0.1) is 0 Å². The Kier molecular flexibility index (Phi) is 4.09. The van der Waals surface area contributed by atoms with E-state index in [-0.39, 0.29) is 5.60 Å². The van der Waals surface area contributed by atoms with Crippen molar-refractivity contribution in [2.24, 2.45) is 0 Å². The molecule has 0 saturated heterocycles. The number of anilines is 1. The first-order chi connectivity index (χ1) is 7.01. The van der Waals surface area contributed by atoms with E-state index in [2.05, 4.69) is 38.0 Å². The lowest BCUT2D eigenvalue weighted by Crippen LogP contribution is -2.18. The molecule has 1 N–H and O–H groups in total. The predicted octanol–water partition coefficient (Wildman–Crippen LogP) is 2.83. The van der Waals surface area contributed by atoms with Crippen LogP contribution in [0.15, 0.2) is 18.3 Å². The average molecular weight is 208 g/mol. The Balaban J connectivity index is 2.57. The summed E-state index contributed by atoms with van der Waals surface area (Å²) in [7, 11) is 0. The minimum atomic E-state index is -0.0956. The Bertz CT molecular complexity index is 305. The summed E-state index contributed by atoms with van der Waals surface area (Å²) >= 11 is 0. The summed E-state index contributed by atoms with van der Waals surface area (Å²) in [4.78, 5) is 4.21. The first kappa shape index (κ1) is 12.0. The fourth-order valence-electron chi connectivity index (χ4n) is 1.14. The molecule has 0 radical (unpaired) electrons. The minimum Gasteiger partial charge on any atom is -0.371 e. The second-order valence-electron chi connectivity index (χ2n) is 4.48. The van der Waals surface area contributed by atoms with Crippen molar-refractivity contribution in [2.75, 3.05) is 11.9 Å². The number of hydrogen-bond donors (Lipinski definition) is 1. The average Bonchev–Trinajstić information content (AvgIpc) is 2.15. The third-order valence-electron chi connectivity index (χ3n) is 1.85. The van der Waals surface area contributed by atoms with Crippen molar-refractivity contribution < 1.29 is 4.74 Å². The summed E-state index contributed by atoms with van der Waals surface area (Å²) in [5.41, 5.74) is 1.05. The summed E-state index contributed by atoms with van der Waals surface area (Å²) in [6.45, 7) is 9.74. The Morgan fingerprint density at radius 3 is 2.73 bits per heavy atom. The van der Waals surface area contributed by atoms with Gasteiger partial charge in [0.2, 0.25) is 0 Å². The quantitative estimate of drug-likeness (QED) is 0.826. The molecular formula is C12H20N2O. The summed E-state index contributed by atoms with van der Waals surface area (Å²) in [6, 6.07) is 4.00. The molecule has 0 amide bonds. The molecule has 0 aliphatic carbocycles. The first-order valence-electron chi connectivity index (χ1n) is 5.34. The topological polar surface area (TPSA) is 34.1 Å². The Morgan fingerprint density at radius 1 is 1.40 bits per heavy atom.